The summed E-state index contributed by atoms with van der Waals surface area (Å²) >= 11 is 0. The normalized spacial score (nSPS) is 19.3. The predicted octanol–water partition coefficient (Wildman–Crippen LogP) is 1.45. The van der Waals surface area contributed by atoms with Crippen molar-refractivity contribution >= 4 is 21.7 Å². The molecule has 22 heavy (non-hydrogen) atoms. The van der Waals surface area contributed by atoms with Crippen LogP contribution in [0.2, 0.25) is 0 Å². The number of hydrogen-bond acceptors (Lipinski definition) is 5. The quantitative estimate of drug-likeness (QED) is 0.660. The molecular weight excluding hydrogens is 312 g/mol. The molecule has 0 unspecified atom stereocenters. The van der Waals surface area contributed by atoms with Crippen LogP contribution in [0, 0.1) is 24.0 Å². The monoisotopic (exact) mass is 328 g/mol. The number of benzene rings is 1. The number of nitro groups is 1. The van der Waals surface area contributed by atoms with E-state index in [1.807, 2.05) is 0 Å². The highest BCUT2D eigenvalue weighted by Crippen LogP contribution is 2.31. The van der Waals surface area contributed by atoms with E-state index in [2.05, 4.69) is 0 Å². The molecule has 0 saturated carbocycles. The zero-order valence-electron chi connectivity index (χ0n) is 12.1. The zero-order valence-corrected chi connectivity index (χ0v) is 13.0. The Morgan fingerprint density at radius 3 is 2.55 bits per heavy atom. The van der Waals surface area contributed by atoms with E-state index in [9.17, 15) is 23.3 Å². The molecule has 1 fully saturated rings. The van der Waals surface area contributed by atoms with Gasteiger partial charge >= 0.3 is 5.97 Å². The van der Waals surface area contributed by atoms with Crippen LogP contribution in [0.1, 0.15) is 24.0 Å². The number of hydrogen-bond donors (Lipinski definition) is 1. The highest BCUT2D eigenvalue weighted by Gasteiger charge is 2.40. The lowest BCUT2D eigenvalue weighted by Gasteiger charge is -2.22. The molecule has 1 aliphatic heterocycles. The number of nitro benzene ring substituents is 1. The first-order valence-corrected chi connectivity index (χ1v) is 8.10. The molecule has 1 heterocycles. The van der Waals surface area contributed by atoms with Crippen LogP contribution in [0.5, 0.6) is 0 Å². The van der Waals surface area contributed by atoms with Crippen molar-refractivity contribution in [1.29, 1.82) is 0 Å². The summed E-state index contributed by atoms with van der Waals surface area (Å²) in [4.78, 5) is 21.3. The summed E-state index contributed by atoms with van der Waals surface area (Å²) in [5, 5.41) is 20.1. The van der Waals surface area contributed by atoms with E-state index in [1.54, 1.807) is 0 Å². The fraction of sp³-hybridized carbons (Fsp3) is 0.462. The SMILES string of the molecule is Cc1cc(C)c(S(=O)(=O)N2CCC[C@H]2C(=O)O)cc1[N+](=O)[O-]. The molecule has 1 aromatic carbocycles. The third-order valence-corrected chi connectivity index (χ3v) is 5.82. The van der Waals surface area contributed by atoms with Crippen molar-refractivity contribution in [1.82, 2.24) is 4.31 Å². The van der Waals surface area contributed by atoms with E-state index < -0.39 is 27.0 Å². The van der Waals surface area contributed by atoms with Gasteiger partial charge in [-0.05, 0) is 38.3 Å². The second-order valence-corrected chi connectivity index (χ2v) is 7.13. The second kappa shape index (κ2) is 5.65. The third-order valence-electron chi connectivity index (χ3n) is 3.77. The number of sulfonamides is 1. The molecule has 120 valence electrons. The van der Waals surface area contributed by atoms with Crippen molar-refractivity contribution in [2.75, 3.05) is 6.54 Å². The highest BCUT2D eigenvalue weighted by atomic mass is 32.2. The summed E-state index contributed by atoms with van der Waals surface area (Å²) in [6.45, 7) is 3.16. The number of carbonyl (C=O) groups is 1. The molecule has 0 spiro atoms. The molecule has 0 aromatic heterocycles. The predicted molar refractivity (Wildman–Crippen MR) is 77.1 cm³/mol. The molecule has 0 amide bonds. The van der Waals surface area contributed by atoms with Gasteiger partial charge in [0.25, 0.3) is 5.69 Å². The van der Waals surface area contributed by atoms with E-state index in [-0.39, 0.29) is 23.5 Å². The molecule has 2 rings (SSSR count). The number of carboxylic acid groups (broad SMARTS) is 1. The Kier molecular flexibility index (Phi) is 4.21. The maximum atomic E-state index is 12.7. The second-order valence-electron chi connectivity index (χ2n) is 5.27. The Morgan fingerprint density at radius 1 is 1.36 bits per heavy atom. The van der Waals surface area contributed by atoms with Gasteiger partial charge in [-0.1, -0.05) is 0 Å². The van der Waals surface area contributed by atoms with E-state index in [0.29, 0.717) is 17.5 Å². The number of carboxylic acids is 1. The van der Waals surface area contributed by atoms with Gasteiger partial charge < -0.3 is 5.11 Å². The number of rotatable bonds is 4. The summed E-state index contributed by atoms with van der Waals surface area (Å²) in [7, 11) is -4.09. The largest absolute Gasteiger partial charge is 0.480 e. The van der Waals surface area contributed by atoms with Crippen LogP contribution in [0.15, 0.2) is 17.0 Å². The molecule has 1 N–H and O–H groups in total. The first-order valence-electron chi connectivity index (χ1n) is 6.66. The van der Waals surface area contributed by atoms with Crippen molar-refractivity contribution in [2.24, 2.45) is 0 Å². The lowest BCUT2D eigenvalue weighted by atomic mass is 10.1. The topological polar surface area (TPSA) is 118 Å². The van der Waals surface area contributed by atoms with Gasteiger partial charge in [0.1, 0.15) is 6.04 Å². The minimum Gasteiger partial charge on any atom is -0.480 e. The summed E-state index contributed by atoms with van der Waals surface area (Å²) in [6, 6.07) is 1.32. The maximum absolute atomic E-state index is 12.7. The van der Waals surface area contributed by atoms with Gasteiger partial charge in [0.2, 0.25) is 10.0 Å². The lowest BCUT2D eigenvalue weighted by molar-refractivity contribution is -0.385. The van der Waals surface area contributed by atoms with Gasteiger partial charge in [-0.15, -0.1) is 0 Å². The van der Waals surface area contributed by atoms with E-state index in [0.717, 1.165) is 10.4 Å². The molecule has 1 aliphatic rings. The summed E-state index contributed by atoms with van der Waals surface area (Å²) in [5.74, 6) is -1.21. The first-order chi connectivity index (χ1) is 10.2. The maximum Gasteiger partial charge on any atom is 0.322 e. The molecule has 8 nitrogen and oxygen atoms in total. The van der Waals surface area contributed by atoms with Gasteiger partial charge in [0, 0.05) is 18.2 Å². The Hall–Kier alpha value is -2.00. The van der Waals surface area contributed by atoms with Crippen LogP contribution in [-0.4, -0.2) is 41.3 Å². The molecule has 0 radical (unpaired) electrons. The van der Waals surface area contributed by atoms with Gasteiger partial charge in [-0.25, -0.2) is 8.42 Å². The van der Waals surface area contributed by atoms with Gasteiger partial charge in [-0.3, -0.25) is 14.9 Å². The third kappa shape index (κ3) is 2.69. The minimum absolute atomic E-state index is 0.0976. The molecule has 1 saturated heterocycles. The number of aliphatic carboxylic acids is 1. The van der Waals surface area contributed by atoms with E-state index in [1.165, 1.54) is 19.9 Å². The summed E-state index contributed by atoms with van der Waals surface area (Å²) in [5.41, 5.74) is 0.423. The van der Waals surface area contributed by atoms with Gasteiger partial charge in [0.05, 0.1) is 9.82 Å². The fourth-order valence-corrected chi connectivity index (χ4v) is 4.58. The minimum atomic E-state index is -4.09. The average Bonchev–Trinajstić information content (AvgIpc) is 2.87. The van der Waals surface area contributed by atoms with Crippen molar-refractivity contribution in [2.45, 2.75) is 37.6 Å². The van der Waals surface area contributed by atoms with Crippen LogP contribution in [0.25, 0.3) is 0 Å². The molecule has 1 atom stereocenters. The van der Waals surface area contributed by atoms with Crippen LogP contribution in [-0.2, 0) is 14.8 Å². The van der Waals surface area contributed by atoms with Gasteiger partial charge in [0.15, 0.2) is 0 Å². The molecule has 0 bridgehead atoms. The Labute approximate surface area is 127 Å². The van der Waals surface area contributed by atoms with Crippen molar-refractivity contribution in [3.63, 3.8) is 0 Å². The van der Waals surface area contributed by atoms with Crippen LogP contribution in [0.4, 0.5) is 5.69 Å². The highest BCUT2D eigenvalue weighted by molar-refractivity contribution is 7.89. The molecule has 1 aromatic rings. The van der Waals surface area contributed by atoms with Gasteiger partial charge in [-0.2, -0.15) is 4.31 Å². The first kappa shape index (κ1) is 16.4. The average molecular weight is 328 g/mol. The zero-order chi connectivity index (χ0) is 16.7. The lowest BCUT2D eigenvalue weighted by Crippen LogP contribution is -2.40. The van der Waals surface area contributed by atoms with Crippen molar-refractivity contribution < 1.29 is 23.2 Å². The van der Waals surface area contributed by atoms with Crippen LogP contribution in [0.3, 0.4) is 0 Å². The summed E-state index contributed by atoms with van der Waals surface area (Å²) in [6.07, 6.45) is 0.685. The molecule has 9 heteroatoms. The van der Waals surface area contributed by atoms with Crippen molar-refractivity contribution in [3.05, 3.63) is 33.4 Å². The van der Waals surface area contributed by atoms with Crippen molar-refractivity contribution in [3.8, 4) is 0 Å². The smallest absolute Gasteiger partial charge is 0.322 e. The van der Waals surface area contributed by atoms with E-state index in [4.69, 9.17) is 5.11 Å². The van der Waals surface area contributed by atoms with E-state index >= 15 is 0 Å². The molecular formula is C13H16N2O6S. The number of nitrogens with zero attached hydrogens (tertiary/aromatic N) is 2. The van der Waals surface area contributed by atoms with Crippen LogP contribution >= 0.6 is 0 Å². The Morgan fingerprint density at radius 2 is 2.00 bits per heavy atom. The molecule has 0 aliphatic carbocycles. The Bertz CT molecular complexity index is 743. The number of aryl methyl sites for hydroxylation is 2. The van der Waals surface area contributed by atoms with Crippen LogP contribution < -0.4 is 0 Å². The Balaban J connectivity index is 2.57. The standard InChI is InChI=1S/C13H16N2O6S/c1-8-6-9(2)12(7-11(8)15(18)19)22(20,21)14-5-3-4-10(14)13(16)17/h6-7,10H,3-5H2,1-2H3,(H,16,17)/t10-/m0/s1. The fourth-order valence-electron chi connectivity index (χ4n) is 2.70. The summed E-state index contributed by atoms with van der Waals surface area (Å²) < 4.78 is 26.3.